The SMILES string of the molecule is O=C(Nc1nc2cccc(-c3ccc(N4CCNCC4)nc3)n2n1)C1CC1. The van der Waals surface area contributed by atoms with Crippen LogP contribution in [-0.4, -0.2) is 51.7 Å². The Morgan fingerprint density at radius 1 is 1.15 bits per heavy atom. The lowest BCUT2D eigenvalue weighted by molar-refractivity contribution is -0.117. The molecule has 0 spiro atoms. The summed E-state index contributed by atoms with van der Waals surface area (Å²) in [5.41, 5.74) is 2.56. The van der Waals surface area contributed by atoms with Crippen molar-refractivity contribution in [1.82, 2.24) is 24.9 Å². The van der Waals surface area contributed by atoms with Gasteiger partial charge < -0.3 is 10.2 Å². The largest absolute Gasteiger partial charge is 0.354 e. The van der Waals surface area contributed by atoms with E-state index >= 15 is 0 Å². The van der Waals surface area contributed by atoms with Gasteiger partial charge in [0, 0.05) is 43.9 Å². The zero-order valence-corrected chi connectivity index (χ0v) is 14.9. The minimum atomic E-state index is 0.00879. The van der Waals surface area contributed by atoms with Gasteiger partial charge in [0.15, 0.2) is 5.65 Å². The lowest BCUT2D eigenvalue weighted by Crippen LogP contribution is -2.43. The maximum atomic E-state index is 12.0. The molecule has 3 aromatic heterocycles. The summed E-state index contributed by atoms with van der Waals surface area (Å²) in [7, 11) is 0. The molecule has 0 radical (unpaired) electrons. The number of carbonyl (C=O) groups is 1. The molecule has 2 aliphatic rings. The summed E-state index contributed by atoms with van der Waals surface area (Å²) in [4.78, 5) is 23.3. The van der Waals surface area contributed by atoms with Gasteiger partial charge >= 0.3 is 0 Å². The van der Waals surface area contributed by atoms with E-state index in [2.05, 4.69) is 36.7 Å². The molecule has 1 saturated heterocycles. The van der Waals surface area contributed by atoms with Crippen LogP contribution in [0.25, 0.3) is 16.9 Å². The third kappa shape index (κ3) is 3.23. The minimum absolute atomic E-state index is 0.00879. The van der Waals surface area contributed by atoms with Crippen LogP contribution in [0.4, 0.5) is 11.8 Å². The standard InChI is InChI=1S/C19H21N7O/c27-18(13-4-5-13)23-19-22-17-3-1-2-15(26(17)24-19)14-6-7-16(21-12-14)25-10-8-20-9-11-25/h1-3,6-7,12-13,20H,4-5,8-11H2,(H,23,24,27). The summed E-state index contributed by atoms with van der Waals surface area (Å²) in [5, 5.41) is 10.6. The number of nitrogens with zero attached hydrogens (tertiary/aromatic N) is 5. The highest BCUT2D eigenvalue weighted by Gasteiger charge is 2.30. The Morgan fingerprint density at radius 3 is 2.74 bits per heavy atom. The molecule has 1 aliphatic heterocycles. The van der Waals surface area contributed by atoms with Gasteiger partial charge in [0.2, 0.25) is 11.9 Å². The van der Waals surface area contributed by atoms with Crippen LogP contribution in [0.2, 0.25) is 0 Å². The van der Waals surface area contributed by atoms with Gasteiger partial charge in [-0.05, 0) is 37.1 Å². The highest BCUT2D eigenvalue weighted by molar-refractivity contribution is 5.92. The van der Waals surface area contributed by atoms with E-state index in [4.69, 9.17) is 0 Å². The zero-order valence-electron chi connectivity index (χ0n) is 14.9. The molecule has 3 aromatic rings. The van der Waals surface area contributed by atoms with E-state index in [0.717, 1.165) is 56.1 Å². The van der Waals surface area contributed by atoms with Gasteiger partial charge in [0.05, 0.1) is 5.69 Å². The van der Waals surface area contributed by atoms with Crippen LogP contribution in [0.5, 0.6) is 0 Å². The van der Waals surface area contributed by atoms with E-state index < -0.39 is 0 Å². The number of fused-ring (bicyclic) bond motifs is 1. The molecule has 1 saturated carbocycles. The maximum Gasteiger partial charge on any atom is 0.249 e. The number of pyridine rings is 2. The number of amides is 1. The predicted octanol–water partition coefficient (Wildman–Crippen LogP) is 1.55. The number of rotatable bonds is 4. The number of hydrogen-bond acceptors (Lipinski definition) is 6. The van der Waals surface area contributed by atoms with Crippen LogP contribution in [0.3, 0.4) is 0 Å². The molecule has 8 nitrogen and oxygen atoms in total. The van der Waals surface area contributed by atoms with Crippen LogP contribution >= 0.6 is 0 Å². The average Bonchev–Trinajstić information content (AvgIpc) is 3.49. The fourth-order valence-corrected chi connectivity index (χ4v) is 3.35. The Balaban J connectivity index is 1.43. The molecular weight excluding hydrogens is 342 g/mol. The number of anilines is 2. The molecule has 2 fully saturated rings. The summed E-state index contributed by atoms with van der Waals surface area (Å²) >= 11 is 0. The highest BCUT2D eigenvalue weighted by atomic mass is 16.2. The van der Waals surface area contributed by atoms with Crippen molar-refractivity contribution in [2.75, 3.05) is 36.4 Å². The quantitative estimate of drug-likeness (QED) is 0.731. The summed E-state index contributed by atoms with van der Waals surface area (Å²) in [6.45, 7) is 3.90. The zero-order chi connectivity index (χ0) is 18.2. The van der Waals surface area contributed by atoms with Gasteiger partial charge in [-0.3, -0.25) is 10.1 Å². The van der Waals surface area contributed by atoms with Crippen molar-refractivity contribution in [3.63, 3.8) is 0 Å². The van der Waals surface area contributed by atoms with Crippen molar-refractivity contribution in [2.24, 2.45) is 5.92 Å². The molecule has 8 heteroatoms. The molecule has 2 N–H and O–H groups in total. The van der Waals surface area contributed by atoms with Crippen molar-refractivity contribution < 1.29 is 4.79 Å². The summed E-state index contributed by atoms with van der Waals surface area (Å²) in [6.07, 6.45) is 3.78. The smallest absolute Gasteiger partial charge is 0.249 e. The Hall–Kier alpha value is -3.00. The molecular formula is C19H21N7O. The molecule has 0 unspecified atom stereocenters. The van der Waals surface area contributed by atoms with E-state index in [9.17, 15) is 4.79 Å². The molecule has 0 bridgehead atoms. The Morgan fingerprint density at radius 2 is 2.00 bits per heavy atom. The number of aromatic nitrogens is 4. The van der Waals surface area contributed by atoms with Crippen LogP contribution in [-0.2, 0) is 4.79 Å². The van der Waals surface area contributed by atoms with Gasteiger partial charge in [0.25, 0.3) is 0 Å². The Labute approximate surface area is 156 Å². The van der Waals surface area contributed by atoms with Gasteiger partial charge in [0.1, 0.15) is 5.82 Å². The van der Waals surface area contributed by atoms with Crippen LogP contribution in [0.15, 0.2) is 36.5 Å². The van der Waals surface area contributed by atoms with Crippen molar-refractivity contribution in [3.8, 4) is 11.3 Å². The molecule has 1 amide bonds. The minimum Gasteiger partial charge on any atom is -0.354 e. The third-order valence-electron chi connectivity index (χ3n) is 5.03. The van der Waals surface area contributed by atoms with E-state index in [1.165, 1.54) is 0 Å². The molecule has 5 rings (SSSR count). The van der Waals surface area contributed by atoms with Crippen LogP contribution in [0.1, 0.15) is 12.8 Å². The Kier molecular flexibility index (Phi) is 3.97. The van der Waals surface area contributed by atoms with Crippen molar-refractivity contribution in [3.05, 3.63) is 36.5 Å². The highest BCUT2D eigenvalue weighted by Crippen LogP contribution is 2.30. The lowest BCUT2D eigenvalue weighted by atomic mass is 10.2. The monoisotopic (exact) mass is 363 g/mol. The van der Waals surface area contributed by atoms with Crippen molar-refractivity contribution in [2.45, 2.75) is 12.8 Å². The predicted molar refractivity (Wildman–Crippen MR) is 103 cm³/mol. The first-order chi connectivity index (χ1) is 13.3. The number of nitrogens with one attached hydrogen (secondary N) is 2. The van der Waals surface area contributed by atoms with E-state index in [-0.39, 0.29) is 11.8 Å². The van der Waals surface area contributed by atoms with Crippen molar-refractivity contribution in [1.29, 1.82) is 0 Å². The lowest BCUT2D eigenvalue weighted by Gasteiger charge is -2.28. The normalized spacial score (nSPS) is 17.3. The van der Waals surface area contributed by atoms with E-state index in [0.29, 0.717) is 11.6 Å². The van der Waals surface area contributed by atoms with E-state index in [1.807, 2.05) is 30.5 Å². The van der Waals surface area contributed by atoms with Crippen LogP contribution in [0, 0.1) is 5.92 Å². The maximum absolute atomic E-state index is 12.0. The first-order valence-corrected chi connectivity index (χ1v) is 9.37. The fraction of sp³-hybridized carbons (Fsp3) is 0.368. The second-order valence-corrected chi connectivity index (χ2v) is 7.02. The van der Waals surface area contributed by atoms with Gasteiger partial charge in [-0.25, -0.2) is 9.50 Å². The number of hydrogen-bond donors (Lipinski definition) is 2. The summed E-state index contributed by atoms with van der Waals surface area (Å²) < 4.78 is 1.75. The molecule has 0 aromatic carbocycles. The van der Waals surface area contributed by atoms with Gasteiger partial charge in [-0.15, -0.1) is 5.10 Å². The summed E-state index contributed by atoms with van der Waals surface area (Å²) in [6, 6.07) is 9.91. The van der Waals surface area contributed by atoms with Gasteiger partial charge in [-0.2, -0.15) is 4.98 Å². The second-order valence-electron chi connectivity index (χ2n) is 7.02. The summed E-state index contributed by atoms with van der Waals surface area (Å²) in [5.74, 6) is 1.47. The fourth-order valence-electron chi connectivity index (χ4n) is 3.35. The molecule has 1 aliphatic carbocycles. The third-order valence-corrected chi connectivity index (χ3v) is 5.03. The molecule has 138 valence electrons. The number of carbonyl (C=O) groups excluding carboxylic acids is 1. The first kappa shape index (κ1) is 16.2. The molecule has 0 atom stereocenters. The van der Waals surface area contributed by atoms with E-state index in [1.54, 1.807) is 4.52 Å². The number of piperazine rings is 1. The Bertz CT molecular complexity index is 971. The first-order valence-electron chi connectivity index (χ1n) is 9.37. The second kappa shape index (κ2) is 6.62. The molecule has 4 heterocycles. The van der Waals surface area contributed by atoms with Gasteiger partial charge in [-0.1, -0.05) is 6.07 Å². The van der Waals surface area contributed by atoms with Crippen molar-refractivity contribution >= 4 is 23.3 Å². The topological polar surface area (TPSA) is 87.5 Å². The van der Waals surface area contributed by atoms with Crippen LogP contribution < -0.4 is 15.5 Å². The average molecular weight is 363 g/mol. The molecule has 27 heavy (non-hydrogen) atoms.